The first-order valence-corrected chi connectivity index (χ1v) is 7.01. The van der Waals surface area contributed by atoms with Crippen LogP contribution in [0.4, 0.5) is 0 Å². The molecule has 0 aliphatic carbocycles. The molecule has 6 heteroatoms. The van der Waals surface area contributed by atoms with Crippen molar-refractivity contribution in [3.63, 3.8) is 0 Å². The highest BCUT2D eigenvalue weighted by atomic mass is 32.2. The van der Waals surface area contributed by atoms with E-state index in [1.807, 2.05) is 30.5 Å². The Balaban J connectivity index is 2.29. The van der Waals surface area contributed by atoms with E-state index in [1.54, 1.807) is 12.3 Å². The van der Waals surface area contributed by atoms with E-state index in [0.29, 0.717) is 22.0 Å². The van der Waals surface area contributed by atoms with Crippen LogP contribution in [0.5, 0.6) is 0 Å². The Morgan fingerprint density at radius 2 is 2.25 bits per heavy atom. The molecular formula is C14H9N3O2S. The molecule has 0 unspecified atom stereocenters. The van der Waals surface area contributed by atoms with E-state index < -0.39 is 5.56 Å². The van der Waals surface area contributed by atoms with Crippen LogP contribution in [0.15, 0.2) is 44.9 Å². The molecule has 0 bridgehead atoms. The summed E-state index contributed by atoms with van der Waals surface area (Å²) in [7, 11) is 0. The second kappa shape index (κ2) is 4.87. The number of furan rings is 1. The lowest BCUT2D eigenvalue weighted by Gasteiger charge is -2.05. The normalized spacial score (nSPS) is 10.6. The molecule has 0 saturated heterocycles. The minimum atomic E-state index is -0.429. The maximum Gasteiger partial charge on any atom is 0.270 e. The number of rotatable bonds is 2. The Morgan fingerprint density at radius 1 is 1.40 bits per heavy atom. The Hall–Kier alpha value is -2.52. The number of nitriles is 1. The average molecular weight is 283 g/mol. The number of aromatic nitrogens is 2. The first-order valence-electron chi connectivity index (χ1n) is 5.79. The van der Waals surface area contributed by atoms with E-state index in [1.165, 1.54) is 11.8 Å². The number of fused-ring (bicyclic) bond motifs is 1. The summed E-state index contributed by atoms with van der Waals surface area (Å²) in [6.45, 7) is 0. The maximum atomic E-state index is 11.9. The van der Waals surface area contributed by atoms with Gasteiger partial charge in [0.25, 0.3) is 5.56 Å². The van der Waals surface area contributed by atoms with Gasteiger partial charge in [-0.2, -0.15) is 5.26 Å². The number of H-pyrrole nitrogens is 1. The highest BCUT2D eigenvalue weighted by molar-refractivity contribution is 7.98. The molecule has 1 aromatic carbocycles. The Bertz CT molecular complexity index is 889. The van der Waals surface area contributed by atoms with Gasteiger partial charge in [0, 0.05) is 10.9 Å². The van der Waals surface area contributed by atoms with Gasteiger partial charge in [-0.15, -0.1) is 0 Å². The fraction of sp³-hybridized carbons (Fsp3) is 0.0714. The molecule has 0 atom stereocenters. The predicted octanol–water partition coefficient (Wildman–Crippen LogP) is 2.78. The summed E-state index contributed by atoms with van der Waals surface area (Å²) in [6.07, 6.45) is 3.40. The van der Waals surface area contributed by atoms with Crippen molar-refractivity contribution in [2.75, 3.05) is 6.26 Å². The first-order chi connectivity index (χ1) is 9.72. The van der Waals surface area contributed by atoms with E-state index in [9.17, 15) is 4.79 Å². The van der Waals surface area contributed by atoms with E-state index in [0.717, 1.165) is 5.39 Å². The molecule has 0 saturated carbocycles. The SMILES string of the molecule is CSc1nc(-c2ccc3ccoc3c2)c(C#N)c(=O)[nH]1. The van der Waals surface area contributed by atoms with Crippen molar-refractivity contribution in [1.82, 2.24) is 9.97 Å². The standard InChI is InChI=1S/C14H9N3O2S/c1-20-14-16-12(10(7-15)13(18)17-14)9-3-2-8-4-5-19-11(8)6-9/h2-6H,1H3,(H,16,17,18). The highest BCUT2D eigenvalue weighted by Crippen LogP contribution is 2.25. The highest BCUT2D eigenvalue weighted by Gasteiger charge is 2.13. The van der Waals surface area contributed by atoms with Gasteiger partial charge in [0.15, 0.2) is 5.16 Å². The lowest BCUT2D eigenvalue weighted by atomic mass is 10.1. The van der Waals surface area contributed by atoms with Crippen molar-refractivity contribution in [2.45, 2.75) is 5.16 Å². The van der Waals surface area contributed by atoms with Crippen LogP contribution < -0.4 is 5.56 Å². The van der Waals surface area contributed by atoms with Gasteiger partial charge < -0.3 is 9.40 Å². The summed E-state index contributed by atoms with van der Waals surface area (Å²) < 4.78 is 5.34. The minimum Gasteiger partial charge on any atom is -0.464 e. The van der Waals surface area contributed by atoms with E-state index in [-0.39, 0.29) is 5.56 Å². The van der Waals surface area contributed by atoms with Gasteiger partial charge in [0.05, 0.1) is 12.0 Å². The van der Waals surface area contributed by atoms with Gasteiger partial charge in [-0.05, 0) is 18.4 Å². The molecule has 0 radical (unpaired) electrons. The lowest BCUT2D eigenvalue weighted by molar-refractivity contribution is 0.616. The van der Waals surface area contributed by atoms with Crippen molar-refractivity contribution in [2.24, 2.45) is 0 Å². The zero-order chi connectivity index (χ0) is 14.1. The summed E-state index contributed by atoms with van der Waals surface area (Å²) >= 11 is 1.32. The van der Waals surface area contributed by atoms with Gasteiger partial charge >= 0.3 is 0 Å². The maximum absolute atomic E-state index is 11.9. The van der Waals surface area contributed by atoms with Gasteiger partial charge in [-0.25, -0.2) is 4.98 Å². The third-order valence-electron chi connectivity index (χ3n) is 2.93. The van der Waals surface area contributed by atoms with Crippen LogP contribution in [0.1, 0.15) is 5.56 Å². The van der Waals surface area contributed by atoms with E-state index in [2.05, 4.69) is 9.97 Å². The minimum absolute atomic E-state index is 0.00806. The lowest BCUT2D eigenvalue weighted by Crippen LogP contribution is -2.14. The summed E-state index contributed by atoms with van der Waals surface area (Å²) in [5, 5.41) is 10.6. The molecule has 0 spiro atoms. The predicted molar refractivity (Wildman–Crippen MR) is 76.6 cm³/mol. The topological polar surface area (TPSA) is 82.7 Å². The zero-order valence-corrected chi connectivity index (χ0v) is 11.3. The van der Waals surface area contributed by atoms with Crippen LogP contribution >= 0.6 is 11.8 Å². The Kier molecular flexibility index (Phi) is 3.05. The summed E-state index contributed by atoms with van der Waals surface area (Å²) in [6, 6.07) is 9.24. The molecule has 0 aliphatic heterocycles. The molecule has 2 aromatic heterocycles. The van der Waals surface area contributed by atoms with Crippen molar-refractivity contribution in [3.05, 3.63) is 46.4 Å². The van der Waals surface area contributed by atoms with Crippen LogP contribution in [0.2, 0.25) is 0 Å². The fourth-order valence-electron chi connectivity index (χ4n) is 1.96. The molecule has 98 valence electrons. The number of hydrogen-bond donors (Lipinski definition) is 1. The van der Waals surface area contributed by atoms with Gasteiger partial charge in [-0.1, -0.05) is 23.9 Å². The van der Waals surface area contributed by atoms with E-state index in [4.69, 9.17) is 9.68 Å². The summed E-state index contributed by atoms with van der Waals surface area (Å²) in [5.41, 5.74) is 1.33. The van der Waals surface area contributed by atoms with Gasteiger partial charge in [-0.3, -0.25) is 4.79 Å². The largest absolute Gasteiger partial charge is 0.464 e. The number of aromatic amines is 1. The van der Waals surface area contributed by atoms with Gasteiger partial charge in [0.1, 0.15) is 17.2 Å². The van der Waals surface area contributed by atoms with Gasteiger partial charge in [0.2, 0.25) is 0 Å². The number of hydrogen-bond acceptors (Lipinski definition) is 5. The smallest absolute Gasteiger partial charge is 0.270 e. The van der Waals surface area contributed by atoms with Crippen LogP contribution in [0.25, 0.3) is 22.2 Å². The molecule has 0 fully saturated rings. The van der Waals surface area contributed by atoms with Crippen LogP contribution in [-0.4, -0.2) is 16.2 Å². The van der Waals surface area contributed by atoms with Crippen molar-refractivity contribution in [1.29, 1.82) is 5.26 Å². The second-order valence-corrected chi connectivity index (χ2v) is 4.88. The van der Waals surface area contributed by atoms with Crippen molar-refractivity contribution in [3.8, 4) is 17.3 Å². The number of thioether (sulfide) groups is 1. The molecule has 0 amide bonds. The van der Waals surface area contributed by atoms with E-state index >= 15 is 0 Å². The zero-order valence-electron chi connectivity index (χ0n) is 10.5. The molecule has 0 aliphatic rings. The fourth-order valence-corrected chi connectivity index (χ4v) is 2.34. The van der Waals surface area contributed by atoms with Crippen LogP contribution in [0.3, 0.4) is 0 Å². The first kappa shape index (κ1) is 12.5. The number of nitrogens with zero attached hydrogens (tertiary/aromatic N) is 2. The molecule has 3 rings (SSSR count). The summed E-state index contributed by atoms with van der Waals surface area (Å²) in [4.78, 5) is 18.8. The van der Waals surface area contributed by atoms with Crippen LogP contribution in [-0.2, 0) is 0 Å². The molecule has 2 heterocycles. The molecule has 5 nitrogen and oxygen atoms in total. The number of benzene rings is 1. The Morgan fingerprint density at radius 3 is 3.00 bits per heavy atom. The molecule has 1 N–H and O–H groups in total. The summed E-state index contributed by atoms with van der Waals surface area (Å²) in [5.74, 6) is 0. The monoisotopic (exact) mass is 283 g/mol. The molecule has 3 aromatic rings. The second-order valence-electron chi connectivity index (χ2n) is 4.08. The Labute approximate surface area is 118 Å². The van der Waals surface area contributed by atoms with Crippen molar-refractivity contribution < 1.29 is 4.42 Å². The number of nitrogens with one attached hydrogen (secondary N) is 1. The third kappa shape index (κ3) is 1.98. The quantitative estimate of drug-likeness (QED) is 0.577. The molecular weight excluding hydrogens is 274 g/mol. The average Bonchev–Trinajstić information content (AvgIpc) is 2.93. The van der Waals surface area contributed by atoms with Crippen LogP contribution in [0, 0.1) is 11.3 Å². The van der Waals surface area contributed by atoms with Crippen molar-refractivity contribution >= 4 is 22.7 Å². The third-order valence-corrected chi connectivity index (χ3v) is 3.51. The molecule has 20 heavy (non-hydrogen) atoms.